The lowest BCUT2D eigenvalue weighted by molar-refractivity contribution is -0.157. The summed E-state index contributed by atoms with van der Waals surface area (Å²) in [5.41, 5.74) is 2.38. The number of hydrogen-bond donors (Lipinski definition) is 0. The summed E-state index contributed by atoms with van der Waals surface area (Å²) >= 11 is 0. The van der Waals surface area contributed by atoms with Crippen LogP contribution in [0.2, 0.25) is 0 Å². The van der Waals surface area contributed by atoms with Gasteiger partial charge in [-0.15, -0.1) is 0 Å². The van der Waals surface area contributed by atoms with Crippen LogP contribution in [0.4, 0.5) is 0 Å². The summed E-state index contributed by atoms with van der Waals surface area (Å²) in [4.78, 5) is 19.8. The molecule has 1 aromatic rings. The van der Waals surface area contributed by atoms with E-state index in [4.69, 9.17) is 4.74 Å². The monoisotopic (exact) mass is 343 g/mol. The lowest BCUT2D eigenvalue weighted by atomic mass is 9.93. The first kappa shape index (κ1) is 17.0. The second-order valence-corrected chi connectivity index (χ2v) is 7.77. The fourth-order valence-corrected chi connectivity index (χ4v) is 4.57. The maximum Gasteiger partial charge on any atom is 0.239 e. The zero-order valence-electron chi connectivity index (χ0n) is 15.4. The molecule has 2 aliphatic heterocycles. The zero-order chi connectivity index (χ0) is 17.4. The van der Waals surface area contributed by atoms with E-state index in [1.165, 1.54) is 11.1 Å². The Labute approximate surface area is 150 Å². The standard InChI is InChI=1S/C20H29N3O2/c1-16(22-11-9-21(2)10-12-22)19(24)23-13-14-25-20(15-23)8-7-17-5-3-4-6-18(17)20/h3-6,16H,7-15H2,1-2H3/t16-,20+/m0/s1. The van der Waals surface area contributed by atoms with Crippen LogP contribution >= 0.6 is 0 Å². The van der Waals surface area contributed by atoms with Crippen molar-refractivity contribution < 1.29 is 9.53 Å². The van der Waals surface area contributed by atoms with E-state index in [9.17, 15) is 4.79 Å². The molecule has 25 heavy (non-hydrogen) atoms. The van der Waals surface area contributed by atoms with Crippen molar-refractivity contribution in [3.05, 3.63) is 35.4 Å². The van der Waals surface area contributed by atoms with Gasteiger partial charge in [0.2, 0.25) is 5.91 Å². The molecule has 0 bridgehead atoms. The predicted octanol–water partition coefficient (Wildman–Crippen LogP) is 1.32. The molecule has 1 spiro atoms. The number of benzene rings is 1. The van der Waals surface area contributed by atoms with E-state index in [0.29, 0.717) is 19.7 Å². The van der Waals surface area contributed by atoms with Crippen LogP contribution in [0.3, 0.4) is 0 Å². The smallest absolute Gasteiger partial charge is 0.239 e. The minimum atomic E-state index is -0.285. The molecule has 1 aliphatic carbocycles. The zero-order valence-corrected chi connectivity index (χ0v) is 15.4. The van der Waals surface area contributed by atoms with Gasteiger partial charge in [-0.05, 0) is 37.9 Å². The molecule has 2 heterocycles. The molecule has 136 valence electrons. The van der Waals surface area contributed by atoms with E-state index >= 15 is 0 Å². The van der Waals surface area contributed by atoms with Gasteiger partial charge < -0.3 is 14.5 Å². The number of amides is 1. The largest absolute Gasteiger partial charge is 0.367 e. The Kier molecular flexibility index (Phi) is 4.56. The van der Waals surface area contributed by atoms with Gasteiger partial charge in [-0.2, -0.15) is 0 Å². The number of nitrogens with zero attached hydrogens (tertiary/aromatic N) is 3. The van der Waals surface area contributed by atoms with Crippen molar-refractivity contribution in [2.75, 3.05) is 52.9 Å². The summed E-state index contributed by atoms with van der Waals surface area (Å²) < 4.78 is 6.26. The van der Waals surface area contributed by atoms with E-state index < -0.39 is 0 Å². The topological polar surface area (TPSA) is 36.0 Å². The molecular formula is C20H29N3O2. The van der Waals surface area contributed by atoms with Crippen molar-refractivity contribution in [3.8, 4) is 0 Å². The van der Waals surface area contributed by atoms with Gasteiger partial charge in [-0.25, -0.2) is 0 Å². The summed E-state index contributed by atoms with van der Waals surface area (Å²) in [5, 5.41) is 0. The fraction of sp³-hybridized carbons (Fsp3) is 0.650. The molecule has 0 aromatic heterocycles. The maximum absolute atomic E-state index is 13.1. The average molecular weight is 343 g/mol. The third kappa shape index (κ3) is 3.09. The minimum absolute atomic E-state index is 0.0412. The van der Waals surface area contributed by atoms with Crippen molar-refractivity contribution in [1.29, 1.82) is 0 Å². The number of ether oxygens (including phenoxy) is 1. The van der Waals surface area contributed by atoms with E-state index in [1.54, 1.807) is 0 Å². The highest BCUT2D eigenvalue weighted by atomic mass is 16.5. The van der Waals surface area contributed by atoms with Crippen LogP contribution in [-0.2, 0) is 21.6 Å². The molecule has 1 amide bonds. The SMILES string of the molecule is C[C@@H](C(=O)N1CCO[C@]2(CCc3ccccc32)C1)N1CCN(C)CC1. The number of carbonyl (C=O) groups is 1. The number of aryl methyl sites for hydroxylation is 1. The van der Waals surface area contributed by atoms with Crippen LogP contribution in [-0.4, -0.2) is 79.6 Å². The van der Waals surface area contributed by atoms with Gasteiger partial charge in [-0.3, -0.25) is 9.69 Å². The lowest BCUT2D eigenvalue weighted by Gasteiger charge is -2.44. The number of likely N-dealkylation sites (N-methyl/N-ethyl adjacent to an activating group) is 1. The third-order valence-electron chi connectivity index (χ3n) is 6.25. The second kappa shape index (κ2) is 6.71. The summed E-state index contributed by atoms with van der Waals surface area (Å²) in [6.45, 7) is 8.13. The molecule has 5 heteroatoms. The first-order valence-corrected chi connectivity index (χ1v) is 9.53. The van der Waals surface area contributed by atoms with Crippen LogP contribution in [0, 0.1) is 0 Å². The van der Waals surface area contributed by atoms with Gasteiger partial charge >= 0.3 is 0 Å². The van der Waals surface area contributed by atoms with Gasteiger partial charge in [-0.1, -0.05) is 24.3 Å². The van der Waals surface area contributed by atoms with Crippen molar-refractivity contribution in [2.24, 2.45) is 0 Å². The molecule has 0 radical (unpaired) electrons. The maximum atomic E-state index is 13.1. The third-order valence-corrected chi connectivity index (χ3v) is 6.25. The van der Waals surface area contributed by atoms with Crippen molar-refractivity contribution in [3.63, 3.8) is 0 Å². The number of carbonyl (C=O) groups excluding carboxylic acids is 1. The molecule has 0 saturated carbocycles. The Morgan fingerprint density at radius 2 is 1.92 bits per heavy atom. The average Bonchev–Trinajstić information content (AvgIpc) is 2.99. The van der Waals surface area contributed by atoms with Crippen LogP contribution in [0.25, 0.3) is 0 Å². The Hall–Kier alpha value is -1.43. The molecule has 2 fully saturated rings. The van der Waals surface area contributed by atoms with Gasteiger partial charge in [0.25, 0.3) is 0 Å². The Balaban J connectivity index is 1.47. The van der Waals surface area contributed by atoms with Crippen LogP contribution < -0.4 is 0 Å². The van der Waals surface area contributed by atoms with E-state index in [0.717, 1.165) is 39.0 Å². The van der Waals surface area contributed by atoms with Crippen LogP contribution in [0.1, 0.15) is 24.5 Å². The summed E-state index contributed by atoms with van der Waals surface area (Å²) in [6.07, 6.45) is 2.03. The normalized spacial score (nSPS) is 29.0. The number of piperazine rings is 1. The molecule has 5 nitrogen and oxygen atoms in total. The first-order chi connectivity index (χ1) is 12.1. The Morgan fingerprint density at radius 3 is 2.72 bits per heavy atom. The lowest BCUT2D eigenvalue weighted by Crippen LogP contribution is -2.58. The van der Waals surface area contributed by atoms with E-state index in [2.05, 4.69) is 52.9 Å². The molecular weight excluding hydrogens is 314 g/mol. The highest BCUT2D eigenvalue weighted by molar-refractivity contribution is 5.81. The minimum Gasteiger partial charge on any atom is -0.367 e. The van der Waals surface area contributed by atoms with E-state index in [-0.39, 0.29) is 17.6 Å². The number of hydrogen-bond acceptors (Lipinski definition) is 4. The molecule has 0 N–H and O–H groups in total. The number of morpholine rings is 1. The molecule has 0 unspecified atom stereocenters. The summed E-state index contributed by atoms with van der Waals surface area (Å²) in [5.74, 6) is 0.261. The predicted molar refractivity (Wildman–Crippen MR) is 97.5 cm³/mol. The number of rotatable bonds is 2. The molecule has 1 aromatic carbocycles. The van der Waals surface area contributed by atoms with E-state index in [1.807, 2.05) is 0 Å². The van der Waals surface area contributed by atoms with Crippen molar-refractivity contribution in [1.82, 2.24) is 14.7 Å². The molecule has 2 atom stereocenters. The number of fused-ring (bicyclic) bond motifs is 2. The van der Waals surface area contributed by atoms with Gasteiger partial charge in [0.1, 0.15) is 5.60 Å². The van der Waals surface area contributed by atoms with Crippen molar-refractivity contribution in [2.45, 2.75) is 31.4 Å². The van der Waals surface area contributed by atoms with Gasteiger partial charge in [0.05, 0.1) is 19.2 Å². The fourth-order valence-electron chi connectivity index (χ4n) is 4.57. The van der Waals surface area contributed by atoms with Crippen LogP contribution in [0.15, 0.2) is 24.3 Å². The molecule has 4 rings (SSSR count). The highest BCUT2D eigenvalue weighted by Gasteiger charge is 2.45. The quantitative estimate of drug-likeness (QED) is 0.812. The first-order valence-electron chi connectivity index (χ1n) is 9.53. The molecule has 2 saturated heterocycles. The summed E-state index contributed by atoms with van der Waals surface area (Å²) in [7, 11) is 2.15. The summed E-state index contributed by atoms with van der Waals surface area (Å²) in [6, 6.07) is 8.52. The van der Waals surface area contributed by atoms with Gasteiger partial charge in [0.15, 0.2) is 0 Å². The van der Waals surface area contributed by atoms with Gasteiger partial charge in [0, 0.05) is 32.7 Å². The Bertz CT molecular complexity index is 638. The van der Waals surface area contributed by atoms with Crippen LogP contribution in [0.5, 0.6) is 0 Å². The van der Waals surface area contributed by atoms with Crippen molar-refractivity contribution >= 4 is 5.91 Å². The highest BCUT2D eigenvalue weighted by Crippen LogP contribution is 2.42. The second-order valence-electron chi connectivity index (χ2n) is 7.77. The molecule has 3 aliphatic rings. The Morgan fingerprint density at radius 1 is 1.16 bits per heavy atom.